The first kappa shape index (κ1) is 12.1. The lowest BCUT2D eigenvalue weighted by molar-refractivity contribution is 0.0560. The normalized spacial score (nSPS) is 17.5. The van der Waals surface area contributed by atoms with Crippen molar-refractivity contribution in [1.82, 2.24) is 5.32 Å². The molecule has 5 nitrogen and oxygen atoms in total. The minimum atomic E-state index is -0.475. The Bertz CT molecular complexity index is 389. The van der Waals surface area contributed by atoms with Crippen LogP contribution in [0.3, 0.4) is 0 Å². The van der Waals surface area contributed by atoms with Crippen LogP contribution < -0.4 is 5.32 Å². The smallest absolute Gasteiger partial charge is 0.373 e. The lowest BCUT2D eigenvalue weighted by atomic mass is 9.77. The van der Waals surface area contributed by atoms with Gasteiger partial charge in [0.1, 0.15) is 5.76 Å². The largest absolute Gasteiger partial charge is 0.463 e. The third kappa shape index (κ3) is 2.50. The number of furan rings is 1. The van der Waals surface area contributed by atoms with E-state index in [0.717, 1.165) is 19.3 Å². The van der Waals surface area contributed by atoms with Crippen LogP contribution in [0.1, 0.15) is 35.6 Å². The average molecular weight is 239 g/mol. The molecule has 0 amide bonds. The number of carbonyl (C=O) groups excluding carboxylic acids is 1. The third-order valence-electron chi connectivity index (χ3n) is 3.30. The zero-order chi connectivity index (χ0) is 12.3. The predicted molar refractivity (Wildman–Crippen MR) is 60.6 cm³/mol. The lowest BCUT2D eigenvalue weighted by Gasteiger charge is -2.41. The molecule has 1 aromatic heterocycles. The number of methoxy groups -OCH3 is 1. The summed E-state index contributed by atoms with van der Waals surface area (Å²) in [6.07, 6.45) is 3.10. The summed E-state index contributed by atoms with van der Waals surface area (Å²) in [6.45, 7) is 0.648. The highest BCUT2D eigenvalue weighted by atomic mass is 16.5. The van der Waals surface area contributed by atoms with Gasteiger partial charge in [-0.3, -0.25) is 0 Å². The molecule has 2 rings (SSSR count). The molecule has 1 aliphatic rings. The first-order valence-electron chi connectivity index (χ1n) is 5.72. The van der Waals surface area contributed by atoms with E-state index in [1.807, 2.05) is 0 Å². The zero-order valence-electron chi connectivity index (χ0n) is 9.86. The van der Waals surface area contributed by atoms with Crippen LogP contribution in [0, 0.1) is 0 Å². The van der Waals surface area contributed by atoms with Gasteiger partial charge in [0.2, 0.25) is 5.76 Å². The van der Waals surface area contributed by atoms with E-state index >= 15 is 0 Å². The zero-order valence-corrected chi connectivity index (χ0v) is 9.86. The molecule has 1 fully saturated rings. The molecule has 1 saturated carbocycles. The Morgan fingerprint density at radius 3 is 2.88 bits per heavy atom. The monoisotopic (exact) mass is 239 g/mol. The fourth-order valence-corrected chi connectivity index (χ4v) is 1.95. The molecule has 1 heterocycles. The van der Waals surface area contributed by atoms with Gasteiger partial charge < -0.3 is 19.6 Å². The molecule has 0 aromatic carbocycles. The summed E-state index contributed by atoms with van der Waals surface area (Å²) in [5.74, 6) is 0.401. The number of nitrogens with one attached hydrogen (secondary N) is 1. The minimum Gasteiger partial charge on any atom is -0.463 e. The van der Waals surface area contributed by atoms with Crippen molar-refractivity contribution in [1.29, 1.82) is 0 Å². The second-order valence-electron chi connectivity index (χ2n) is 4.40. The van der Waals surface area contributed by atoms with Gasteiger partial charge in [-0.05, 0) is 31.4 Å². The van der Waals surface area contributed by atoms with Gasteiger partial charge in [0.25, 0.3) is 0 Å². The molecular formula is C12H17NO4. The predicted octanol–water partition coefficient (Wildman–Crippen LogP) is 1.07. The van der Waals surface area contributed by atoms with E-state index in [1.165, 1.54) is 7.11 Å². The number of hydrogen-bond acceptors (Lipinski definition) is 5. The maximum absolute atomic E-state index is 11.2. The van der Waals surface area contributed by atoms with Crippen molar-refractivity contribution >= 4 is 5.97 Å². The van der Waals surface area contributed by atoms with Crippen LogP contribution in [-0.4, -0.2) is 30.3 Å². The van der Waals surface area contributed by atoms with Crippen molar-refractivity contribution in [2.45, 2.75) is 31.3 Å². The first-order chi connectivity index (χ1) is 8.19. The van der Waals surface area contributed by atoms with E-state index in [0.29, 0.717) is 12.3 Å². The Balaban J connectivity index is 1.91. The third-order valence-corrected chi connectivity index (χ3v) is 3.30. The van der Waals surface area contributed by atoms with Crippen LogP contribution in [0.25, 0.3) is 0 Å². The molecule has 17 heavy (non-hydrogen) atoms. The fourth-order valence-electron chi connectivity index (χ4n) is 1.95. The van der Waals surface area contributed by atoms with Crippen LogP contribution in [0.5, 0.6) is 0 Å². The Labute approximate surface area is 99.8 Å². The van der Waals surface area contributed by atoms with Crippen LogP contribution in [0.4, 0.5) is 0 Å². The van der Waals surface area contributed by atoms with E-state index in [2.05, 4.69) is 10.1 Å². The first-order valence-corrected chi connectivity index (χ1v) is 5.72. The van der Waals surface area contributed by atoms with Gasteiger partial charge in [-0.2, -0.15) is 0 Å². The minimum absolute atomic E-state index is 0.136. The Hall–Kier alpha value is -1.33. The molecule has 0 aliphatic heterocycles. The quantitative estimate of drug-likeness (QED) is 0.752. The van der Waals surface area contributed by atoms with Gasteiger partial charge in [0.15, 0.2) is 0 Å². The molecule has 0 radical (unpaired) electrons. The molecule has 1 aromatic rings. The molecule has 5 heteroatoms. The molecular weight excluding hydrogens is 222 g/mol. The SMILES string of the molecule is COC(=O)c1ccc(CNC2(CO)CCC2)o1. The Morgan fingerprint density at radius 1 is 1.59 bits per heavy atom. The van der Waals surface area contributed by atoms with E-state index in [9.17, 15) is 9.90 Å². The van der Waals surface area contributed by atoms with Crippen LogP contribution in [0.2, 0.25) is 0 Å². The summed E-state index contributed by atoms with van der Waals surface area (Å²) in [7, 11) is 1.32. The van der Waals surface area contributed by atoms with E-state index in [1.54, 1.807) is 12.1 Å². The summed E-state index contributed by atoms with van der Waals surface area (Å²) in [5.41, 5.74) is -0.155. The maximum atomic E-state index is 11.2. The molecule has 0 unspecified atom stereocenters. The number of ether oxygens (including phenoxy) is 1. The van der Waals surface area contributed by atoms with Crippen molar-refractivity contribution in [3.05, 3.63) is 23.7 Å². The number of esters is 1. The van der Waals surface area contributed by atoms with Gasteiger partial charge in [-0.15, -0.1) is 0 Å². The van der Waals surface area contributed by atoms with Crippen molar-refractivity contribution in [3.63, 3.8) is 0 Å². The van der Waals surface area contributed by atoms with Crippen molar-refractivity contribution in [3.8, 4) is 0 Å². The molecule has 2 N–H and O–H groups in total. The highest BCUT2D eigenvalue weighted by Crippen LogP contribution is 2.31. The topological polar surface area (TPSA) is 71.7 Å². The van der Waals surface area contributed by atoms with Crippen LogP contribution in [0.15, 0.2) is 16.5 Å². The van der Waals surface area contributed by atoms with E-state index in [4.69, 9.17) is 4.42 Å². The van der Waals surface area contributed by atoms with E-state index in [-0.39, 0.29) is 17.9 Å². The highest BCUT2D eigenvalue weighted by molar-refractivity contribution is 5.86. The number of rotatable bonds is 5. The fraction of sp³-hybridized carbons (Fsp3) is 0.583. The van der Waals surface area contributed by atoms with Crippen molar-refractivity contribution in [2.24, 2.45) is 0 Å². The highest BCUT2D eigenvalue weighted by Gasteiger charge is 2.35. The summed E-state index contributed by atoms with van der Waals surface area (Å²) in [6, 6.07) is 3.33. The van der Waals surface area contributed by atoms with Crippen molar-refractivity contribution in [2.75, 3.05) is 13.7 Å². The summed E-state index contributed by atoms with van der Waals surface area (Å²) in [5, 5.41) is 12.6. The van der Waals surface area contributed by atoms with E-state index < -0.39 is 5.97 Å². The molecule has 0 spiro atoms. The van der Waals surface area contributed by atoms with Gasteiger partial charge in [0.05, 0.1) is 20.3 Å². The molecule has 1 aliphatic carbocycles. The molecule has 0 saturated heterocycles. The Morgan fingerprint density at radius 2 is 2.35 bits per heavy atom. The second-order valence-corrected chi connectivity index (χ2v) is 4.40. The standard InChI is InChI=1S/C12H17NO4/c1-16-11(15)10-4-3-9(17-10)7-13-12(8-14)5-2-6-12/h3-4,13-14H,2,5-8H2,1H3. The molecule has 0 bridgehead atoms. The van der Waals surface area contributed by atoms with Gasteiger partial charge >= 0.3 is 5.97 Å². The van der Waals surface area contributed by atoms with Crippen LogP contribution in [-0.2, 0) is 11.3 Å². The molecule has 0 atom stereocenters. The average Bonchev–Trinajstić information content (AvgIpc) is 2.76. The number of aliphatic hydroxyl groups is 1. The number of hydrogen-bond donors (Lipinski definition) is 2. The summed E-state index contributed by atoms with van der Waals surface area (Å²) < 4.78 is 9.88. The lowest BCUT2D eigenvalue weighted by Crippen LogP contribution is -2.53. The Kier molecular flexibility index (Phi) is 3.49. The number of aliphatic hydroxyl groups excluding tert-OH is 1. The van der Waals surface area contributed by atoms with Crippen LogP contribution >= 0.6 is 0 Å². The summed E-state index contributed by atoms with van der Waals surface area (Å²) in [4.78, 5) is 11.2. The van der Waals surface area contributed by atoms with Gasteiger partial charge in [0, 0.05) is 5.54 Å². The van der Waals surface area contributed by atoms with Gasteiger partial charge in [-0.25, -0.2) is 4.79 Å². The number of carbonyl (C=O) groups is 1. The maximum Gasteiger partial charge on any atom is 0.373 e. The molecule has 94 valence electrons. The van der Waals surface area contributed by atoms with Gasteiger partial charge in [-0.1, -0.05) is 0 Å². The van der Waals surface area contributed by atoms with Crippen molar-refractivity contribution < 1.29 is 19.1 Å². The second kappa shape index (κ2) is 4.89. The summed E-state index contributed by atoms with van der Waals surface area (Å²) >= 11 is 0.